The molecule has 4 aliphatic heterocycles. The number of fused-ring (bicyclic) bond motifs is 2. The van der Waals surface area contributed by atoms with Crippen molar-refractivity contribution in [2.24, 2.45) is 0 Å². The molecule has 1 unspecified atom stereocenters. The molecular weight excluding hydrogens is 643 g/mol. The van der Waals surface area contributed by atoms with Crippen LogP contribution >= 0.6 is 11.6 Å². The van der Waals surface area contributed by atoms with Gasteiger partial charge in [-0.1, -0.05) is 41.8 Å². The van der Waals surface area contributed by atoms with E-state index >= 15 is 0 Å². The fourth-order valence-corrected chi connectivity index (χ4v) is 7.92. The highest BCUT2D eigenvalue weighted by molar-refractivity contribution is 6.36. The lowest BCUT2D eigenvalue weighted by Crippen LogP contribution is -2.55. The molecule has 1 amide bonds. The Hall–Kier alpha value is -4.16. The number of anilines is 2. The summed E-state index contributed by atoms with van der Waals surface area (Å²) in [5, 5.41) is 12.6. The molecule has 10 nitrogen and oxygen atoms in total. The largest absolute Gasteiger partial charge is 0.462 e. The Bertz CT molecular complexity index is 1800. The SMILES string of the molecule is CN1CCC[C@H]1COc1nc2c(c(N3CCN(C(=O)C#CCN4CCC(F)C4)[C@@H](CC#N)C3)n1)CCN(c1cccc3cccc(Cl)c13)C2. The van der Waals surface area contributed by atoms with Gasteiger partial charge in [-0.2, -0.15) is 15.2 Å². The van der Waals surface area contributed by atoms with Crippen LogP contribution in [-0.2, 0) is 17.8 Å². The first-order chi connectivity index (χ1) is 23.9. The lowest BCUT2D eigenvalue weighted by Gasteiger charge is -2.41. The second-order valence-corrected chi connectivity index (χ2v) is 13.9. The Labute approximate surface area is 292 Å². The molecule has 1 aromatic heterocycles. The molecule has 0 N–H and O–H groups in total. The number of aromatic nitrogens is 2. The monoisotopic (exact) mass is 684 g/mol. The summed E-state index contributed by atoms with van der Waals surface area (Å²) in [6, 6.07) is 14.8. The van der Waals surface area contributed by atoms with E-state index in [2.05, 4.69) is 63.9 Å². The minimum Gasteiger partial charge on any atom is -0.462 e. The van der Waals surface area contributed by atoms with Crippen LogP contribution in [0.4, 0.5) is 15.9 Å². The number of benzene rings is 2. The molecule has 3 atom stereocenters. The first-order valence-electron chi connectivity index (χ1n) is 17.3. The number of carbonyl (C=O) groups excluding carboxylic acids is 1. The van der Waals surface area contributed by atoms with Crippen LogP contribution in [0.1, 0.15) is 36.9 Å². The van der Waals surface area contributed by atoms with Crippen molar-refractivity contribution < 1.29 is 13.9 Å². The number of likely N-dealkylation sites (tertiary alicyclic amines) is 2. The molecule has 0 radical (unpaired) electrons. The van der Waals surface area contributed by atoms with Gasteiger partial charge in [0.05, 0.1) is 42.3 Å². The van der Waals surface area contributed by atoms with Crippen molar-refractivity contribution in [2.45, 2.75) is 56.9 Å². The standard InChI is InChI=1S/C37H42ClFN8O2/c1-43-16-4-8-29(43)25-49-37-41-32-24-45(33-10-3-7-26-6-2-9-31(38)35(26)33)19-14-30(32)36(42-37)46-20-21-47(28(23-46)12-15-40)34(48)11-5-17-44-18-13-27(39)22-44/h2-3,6-7,9-10,27-29H,4,8,12-14,16-25H2,1H3/t27?,28-,29-/m0/s1. The maximum Gasteiger partial charge on any atom is 0.318 e. The van der Waals surface area contributed by atoms with Gasteiger partial charge in [-0.25, -0.2) is 4.39 Å². The fourth-order valence-electron chi connectivity index (χ4n) is 7.64. The van der Waals surface area contributed by atoms with Gasteiger partial charge in [-0.15, -0.1) is 0 Å². The first-order valence-corrected chi connectivity index (χ1v) is 17.7. The van der Waals surface area contributed by atoms with Gasteiger partial charge in [-0.05, 0) is 62.7 Å². The molecular formula is C37H42ClFN8O2. The summed E-state index contributed by atoms with van der Waals surface area (Å²) in [4.78, 5) is 33.7. The van der Waals surface area contributed by atoms with E-state index in [-0.39, 0.29) is 18.4 Å². The minimum atomic E-state index is -0.826. The molecule has 2 aromatic carbocycles. The summed E-state index contributed by atoms with van der Waals surface area (Å²) in [6.45, 7) is 5.69. The summed E-state index contributed by atoms with van der Waals surface area (Å²) in [5.41, 5.74) is 3.05. The Kier molecular flexibility index (Phi) is 10.0. The molecule has 3 aromatic rings. The highest BCUT2D eigenvalue weighted by Crippen LogP contribution is 2.37. The van der Waals surface area contributed by atoms with E-state index in [1.165, 1.54) is 0 Å². The fraction of sp³-hybridized carbons (Fsp3) is 0.514. The number of piperazine rings is 1. The normalized spacial score (nSPS) is 22.9. The number of nitriles is 1. The molecule has 0 saturated carbocycles. The number of alkyl halides is 1. The second-order valence-electron chi connectivity index (χ2n) is 13.5. The van der Waals surface area contributed by atoms with Crippen molar-refractivity contribution in [1.82, 2.24) is 24.7 Å². The predicted octanol–water partition coefficient (Wildman–Crippen LogP) is 4.30. The highest BCUT2D eigenvalue weighted by Gasteiger charge is 2.34. The maximum absolute atomic E-state index is 13.6. The first kappa shape index (κ1) is 33.3. The van der Waals surface area contributed by atoms with Crippen molar-refractivity contribution >= 4 is 39.8 Å². The van der Waals surface area contributed by atoms with Crippen LogP contribution in [0.2, 0.25) is 5.02 Å². The molecule has 0 bridgehead atoms. The van der Waals surface area contributed by atoms with Gasteiger partial charge in [0.15, 0.2) is 0 Å². The van der Waals surface area contributed by atoms with Crippen molar-refractivity contribution in [3.8, 4) is 23.9 Å². The molecule has 3 saturated heterocycles. The number of hydrogen-bond acceptors (Lipinski definition) is 9. The van der Waals surface area contributed by atoms with E-state index in [0.717, 1.165) is 70.9 Å². The van der Waals surface area contributed by atoms with Crippen LogP contribution in [0, 0.1) is 23.2 Å². The molecule has 0 spiro atoms. The van der Waals surface area contributed by atoms with E-state index in [0.29, 0.717) is 70.9 Å². The number of hydrogen-bond donors (Lipinski definition) is 0. The van der Waals surface area contributed by atoms with Gasteiger partial charge in [0.1, 0.15) is 18.6 Å². The summed E-state index contributed by atoms with van der Waals surface area (Å²) in [6.07, 6.45) is 2.81. The number of rotatable bonds is 7. The van der Waals surface area contributed by atoms with Gasteiger partial charge in [0.2, 0.25) is 0 Å². The van der Waals surface area contributed by atoms with Crippen LogP contribution in [0.5, 0.6) is 6.01 Å². The minimum absolute atomic E-state index is 0.180. The lowest BCUT2D eigenvalue weighted by molar-refractivity contribution is -0.127. The van der Waals surface area contributed by atoms with Crippen molar-refractivity contribution in [3.05, 3.63) is 52.7 Å². The van der Waals surface area contributed by atoms with E-state index in [1.54, 1.807) is 4.90 Å². The Morgan fingerprint density at radius 2 is 1.90 bits per heavy atom. The van der Waals surface area contributed by atoms with Crippen LogP contribution in [0.15, 0.2) is 36.4 Å². The number of likely N-dealkylation sites (N-methyl/N-ethyl adjacent to an activating group) is 1. The van der Waals surface area contributed by atoms with Crippen LogP contribution in [-0.4, -0.2) is 115 Å². The average molecular weight is 685 g/mol. The quantitative estimate of drug-likeness (QED) is 0.338. The van der Waals surface area contributed by atoms with Gasteiger partial charge >= 0.3 is 6.01 Å². The summed E-state index contributed by atoms with van der Waals surface area (Å²) in [5.74, 6) is 6.21. The van der Waals surface area contributed by atoms with E-state index in [1.807, 2.05) is 17.0 Å². The molecule has 4 aliphatic rings. The smallest absolute Gasteiger partial charge is 0.318 e. The van der Waals surface area contributed by atoms with Crippen LogP contribution in [0.25, 0.3) is 10.8 Å². The number of amides is 1. The van der Waals surface area contributed by atoms with E-state index in [9.17, 15) is 14.4 Å². The number of nitrogens with zero attached hydrogens (tertiary/aromatic N) is 8. The zero-order valence-electron chi connectivity index (χ0n) is 28.0. The molecule has 256 valence electrons. The van der Waals surface area contributed by atoms with Gasteiger partial charge in [-0.3, -0.25) is 9.69 Å². The van der Waals surface area contributed by atoms with Crippen molar-refractivity contribution in [1.29, 1.82) is 5.26 Å². The average Bonchev–Trinajstić information content (AvgIpc) is 3.73. The third-order valence-electron chi connectivity index (χ3n) is 10.4. The lowest BCUT2D eigenvalue weighted by atomic mass is 10.0. The third-order valence-corrected chi connectivity index (χ3v) is 10.7. The Morgan fingerprint density at radius 3 is 2.67 bits per heavy atom. The third kappa shape index (κ3) is 7.26. The topological polar surface area (TPSA) is 92.1 Å². The molecule has 12 heteroatoms. The van der Waals surface area contributed by atoms with Crippen molar-refractivity contribution in [3.63, 3.8) is 0 Å². The van der Waals surface area contributed by atoms with Gasteiger partial charge < -0.3 is 24.3 Å². The molecule has 0 aliphatic carbocycles. The van der Waals surface area contributed by atoms with Crippen LogP contribution in [0.3, 0.4) is 0 Å². The van der Waals surface area contributed by atoms with E-state index in [4.69, 9.17) is 26.3 Å². The Morgan fingerprint density at radius 1 is 1.04 bits per heavy atom. The zero-order valence-corrected chi connectivity index (χ0v) is 28.7. The number of ether oxygens (including phenoxy) is 1. The Balaban J connectivity index is 1.14. The number of carbonyl (C=O) groups is 1. The number of halogens is 2. The van der Waals surface area contributed by atoms with E-state index < -0.39 is 6.17 Å². The van der Waals surface area contributed by atoms with Crippen molar-refractivity contribution in [2.75, 3.05) is 75.8 Å². The summed E-state index contributed by atoms with van der Waals surface area (Å²) in [7, 11) is 2.12. The molecule has 7 rings (SSSR count). The molecule has 5 heterocycles. The second kappa shape index (κ2) is 14.8. The summed E-state index contributed by atoms with van der Waals surface area (Å²) >= 11 is 6.73. The van der Waals surface area contributed by atoms with Gasteiger partial charge in [0.25, 0.3) is 5.91 Å². The highest BCUT2D eigenvalue weighted by atomic mass is 35.5. The van der Waals surface area contributed by atoms with Crippen LogP contribution < -0.4 is 14.5 Å². The zero-order chi connectivity index (χ0) is 33.9. The maximum atomic E-state index is 13.6. The summed E-state index contributed by atoms with van der Waals surface area (Å²) < 4.78 is 19.9. The predicted molar refractivity (Wildman–Crippen MR) is 189 cm³/mol. The molecule has 3 fully saturated rings. The molecule has 49 heavy (non-hydrogen) atoms. The van der Waals surface area contributed by atoms with Gasteiger partial charge in [0, 0.05) is 61.9 Å².